The van der Waals surface area contributed by atoms with Crippen molar-refractivity contribution in [2.75, 3.05) is 19.6 Å². The fraction of sp³-hybridized carbons (Fsp3) is 0.458. The molecule has 1 unspecified atom stereocenters. The highest BCUT2D eigenvalue weighted by Gasteiger charge is 2.31. The predicted octanol–water partition coefficient (Wildman–Crippen LogP) is 6.82. The molecule has 0 radical (unpaired) electrons. The topological polar surface area (TPSA) is 43.8 Å². The van der Waals surface area contributed by atoms with Crippen LogP contribution >= 0.6 is 48.0 Å². The van der Waals surface area contributed by atoms with Gasteiger partial charge in [-0.25, -0.2) is 9.18 Å². The lowest BCUT2D eigenvalue weighted by Crippen LogP contribution is -2.52. The van der Waals surface area contributed by atoms with Crippen LogP contribution in [0.3, 0.4) is 0 Å². The maximum atomic E-state index is 14.4. The summed E-state index contributed by atoms with van der Waals surface area (Å²) in [5.41, 5.74) is 2.79. The summed E-state index contributed by atoms with van der Waals surface area (Å²) in [4.78, 5) is 16.1. The molecule has 182 valence electrons. The van der Waals surface area contributed by atoms with Crippen LogP contribution in [0.5, 0.6) is 0 Å². The van der Waals surface area contributed by atoms with E-state index in [1.807, 2.05) is 12.1 Å². The maximum Gasteiger partial charge on any atom is 0.338 e. The smallest absolute Gasteiger partial charge is 0.338 e. The lowest BCUT2D eigenvalue weighted by molar-refractivity contribution is 0.0503. The van der Waals surface area contributed by atoms with Crippen LogP contribution in [-0.4, -0.2) is 46.6 Å². The second-order valence-electron chi connectivity index (χ2n) is 8.81. The molecule has 2 fully saturated rings. The Bertz CT molecular complexity index is 982. The van der Waals surface area contributed by atoms with Crippen LogP contribution < -0.4 is 0 Å². The zero-order valence-corrected chi connectivity index (χ0v) is 21.7. The molecule has 4 nitrogen and oxygen atoms in total. The maximum absolute atomic E-state index is 14.4. The van der Waals surface area contributed by atoms with E-state index in [4.69, 9.17) is 23.2 Å². The van der Waals surface area contributed by atoms with Crippen LogP contribution in [0, 0.1) is 5.82 Å². The van der Waals surface area contributed by atoms with Crippen molar-refractivity contribution in [3.05, 3.63) is 68.4 Å². The van der Waals surface area contributed by atoms with Gasteiger partial charge in [-0.2, -0.15) is 0 Å². The van der Waals surface area contributed by atoms with Gasteiger partial charge in [-0.3, -0.25) is 9.80 Å². The number of piperazine rings is 1. The molecular weight excluding hydrogens is 509 g/mol. The molecule has 1 N–H and O–H groups in total. The van der Waals surface area contributed by atoms with Gasteiger partial charge in [0.2, 0.25) is 0 Å². The normalized spacial score (nSPS) is 20.0. The van der Waals surface area contributed by atoms with E-state index >= 15 is 0 Å². The third-order valence-corrected chi connectivity index (χ3v) is 6.93. The largest absolute Gasteiger partial charge is 0.478 e. The van der Waals surface area contributed by atoms with Gasteiger partial charge in [-0.1, -0.05) is 23.2 Å². The molecule has 2 aromatic rings. The molecule has 0 bridgehead atoms. The number of carboxylic acid groups (broad SMARTS) is 1. The number of aromatic carboxylic acids is 1. The van der Waals surface area contributed by atoms with Crippen molar-refractivity contribution in [3.63, 3.8) is 0 Å². The minimum atomic E-state index is -1.21. The Morgan fingerprint density at radius 1 is 1.12 bits per heavy atom. The van der Waals surface area contributed by atoms with E-state index in [0.717, 1.165) is 49.2 Å². The molecule has 0 amide bonds. The van der Waals surface area contributed by atoms with E-state index in [-0.39, 0.29) is 36.4 Å². The molecule has 1 saturated heterocycles. The van der Waals surface area contributed by atoms with Crippen LogP contribution in [-0.2, 0) is 6.54 Å². The molecule has 1 aliphatic heterocycles. The van der Waals surface area contributed by atoms with E-state index < -0.39 is 11.8 Å². The molecule has 2 aliphatic rings. The number of carbonyl (C=O) groups is 1. The van der Waals surface area contributed by atoms with Gasteiger partial charge < -0.3 is 5.11 Å². The number of hydrogen-bond acceptors (Lipinski definition) is 3. The minimum absolute atomic E-state index is 0. The average molecular weight is 538 g/mol. The zero-order chi connectivity index (χ0) is 22.3. The summed E-state index contributed by atoms with van der Waals surface area (Å²) in [7, 11) is 0. The number of halogens is 5. The van der Waals surface area contributed by atoms with Gasteiger partial charge in [0.1, 0.15) is 5.82 Å². The Morgan fingerprint density at radius 2 is 1.76 bits per heavy atom. The number of hydrogen-bond donors (Lipinski definition) is 1. The second kappa shape index (κ2) is 11.6. The molecule has 0 spiro atoms. The van der Waals surface area contributed by atoms with Crippen LogP contribution in [0.2, 0.25) is 10.0 Å². The zero-order valence-electron chi connectivity index (χ0n) is 18.6. The molecule has 4 rings (SSSR count). The van der Waals surface area contributed by atoms with Crippen LogP contribution in [0.15, 0.2) is 30.3 Å². The van der Waals surface area contributed by atoms with Crippen molar-refractivity contribution in [1.29, 1.82) is 0 Å². The van der Waals surface area contributed by atoms with Crippen LogP contribution in [0.1, 0.15) is 65.7 Å². The van der Waals surface area contributed by atoms with Gasteiger partial charge in [0.15, 0.2) is 0 Å². The Hall–Kier alpha value is -1.08. The Balaban J connectivity index is 0.00000193. The van der Waals surface area contributed by atoms with E-state index in [1.165, 1.54) is 6.07 Å². The third-order valence-electron chi connectivity index (χ3n) is 6.50. The van der Waals surface area contributed by atoms with E-state index in [0.29, 0.717) is 28.5 Å². The van der Waals surface area contributed by atoms with Crippen LogP contribution in [0.4, 0.5) is 4.39 Å². The number of rotatable bonds is 6. The lowest BCUT2D eigenvalue weighted by Gasteiger charge is -2.43. The summed E-state index contributed by atoms with van der Waals surface area (Å²) >= 11 is 12.4. The quantitative estimate of drug-likeness (QED) is 0.439. The molecular formula is C24H29Cl4FN2O2. The number of benzene rings is 2. The van der Waals surface area contributed by atoms with Crippen LogP contribution in [0.25, 0.3) is 0 Å². The highest BCUT2D eigenvalue weighted by Crippen LogP contribution is 2.43. The van der Waals surface area contributed by atoms with Gasteiger partial charge in [0.25, 0.3) is 0 Å². The number of nitrogens with zero attached hydrogens (tertiary/aromatic N) is 2. The van der Waals surface area contributed by atoms with E-state index in [9.17, 15) is 14.3 Å². The highest BCUT2D eigenvalue weighted by molar-refractivity contribution is 6.34. The first-order chi connectivity index (χ1) is 14.7. The van der Waals surface area contributed by atoms with Crippen molar-refractivity contribution >= 4 is 54.0 Å². The lowest BCUT2D eigenvalue weighted by atomic mass is 9.98. The first kappa shape index (κ1) is 28.2. The molecule has 1 aliphatic carbocycles. The SMILES string of the molecule is CC1CN(Cc2cc(F)c(C(=O)O)cc2C2CC2)CCN1[C@@H](C)c1cc(Cl)cc(Cl)c1.Cl.Cl. The monoisotopic (exact) mass is 536 g/mol. The Labute approximate surface area is 216 Å². The highest BCUT2D eigenvalue weighted by atomic mass is 35.5. The molecule has 1 saturated carbocycles. The van der Waals surface area contributed by atoms with Crippen molar-refractivity contribution in [1.82, 2.24) is 9.80 Å². The first-order valence-electron chi connectivity index (χ1n) is 10.7. The summed E-state index contributed by atoms with van der Waals surface area (Å²) < 4.78 is 14.4. The van der Waals surface area contributed by atoms with Gasteiger partial charge >= 0.3 is 5.97 Å². The standard InChI is InChI=1S/C24H27Cl2FN2O2.2ClH/c1-14-12-28(5-6-29(14)15(2)17-7-19(25)10-20(26)8-17)13-18-9-23(27)22(24(30)31)11-21(18)16-3-4-16;;/h7-11,14-16H,3-6,12-13H2,1-2H3,(H,30,31);2*1H/t14?,15-;;/m0../s1. The summed E-state index contributed by atoms with van der Waals surface area (Å²) in [5.74, 6) is -1.49. The Kier molecular flexibility index (Phi) is 9.87. The number of carboxylic acids is 1. The summed E-state index contributed by atoms with van der Waals surface area (Å²) in [6.07, 6.45) is 2.09. The van der Waals surface area contributed by atoms with Gasteiger partial charge in [0.05, 0.1) is 5.56 Å². The van der Waals surface area contributed by atoms with Crippen molar-refractivity contribution < 1.29 is 14.3 Å². The minimum Gasteiger partial charge on any atom is -0.478 e. The second-order valence-corrected chi connectivity index (χ2v) is 9.68. The summed E-state index contributed by atoms with van der Waals surface area (Å²) in [5, 5.41) is 10.6. The summed E-state index contributed by atoms with van der Waals surface area (Å²) in [6, 6.07) is 9.14. The van der Waals surface area contributed by atoms with E-state index in [2.05, 4.69) is 23.6 Å². The average Bonchev–Trinajstić information content (AvgIpc) is 3.52. The molecule has 33 heavy (non-hydrogen) atoms. The molecule has 0 aromatic heterocycles. The van der Waals surface area contributed by atoms with Crippen molar-refractivity contribution in [2.24, 2.45) is 0 Å². The Morgan fingerprint density at radius 3 is 2.30 bits per heavy atom. The van der Waals surface area contributed by atoms with Crippen molar-refractivity contribution in [3.8, 4) is 0 Å². The molecule has 2 aromatic carbocycles. The fourth-order valence-corrected chi connectivity index (χ4v) is 5.26. The molecule has 9 heteroatoms. The predicted molar refractivity (Wildman–Crippen MR) is 136 cm³/mol. The van der Waals surface area contributed by atoms with Gasteiger partial charge in [-0.15, -0.1) is 24.8 Å². The van der Waals surface area contributed by atoms with E-state index in [1.54, 1.807) is 12.1 Å². The summed E-state index contributed by atoms with van der Waals surface area (Å²) in [6.45, 7) is 7.59. The molecule has 2 atom stereocenters. The van der Waals surface area contributed by atoms with Gasteiger partial charge in [0, 0.05) is 48.3 Å². The third kappa shape index (κ3) is 6.53. The first-order valence-corrected chi connectivity index (χ1v) is 11.5. The fourth-order valence-electron chi connectivity index (χ4n) is 4.72. The van der Waals surface area contributed by atoms with Crippen molar-refractivity contribution in [2.45, 2.75) is 51.2 Å². The van der Waals surface area contributed by atoms with Gasteiger partial charge in [-0.05, 0) is 79.6 Å². The molecule has 1 heterocycles.